The van der Waals surface area contributed by atoms with Gasteiger partial charge in [0.05, 0.1) is 16.4 Å². The third kappa shape index (κ3) is 4.67. The molecule has 1 aliphatic rings. The average molecular weight is 458 g/mol. The summed E-state index contributed by atoms with van der Waals surface area (Å²) in [6, 6.07) is 11.7. The van der Waals surface area contributed by atoms with E-state index in [-0.39, 0.29) is 17.8 Å². The van der Waals surface area contributed by atoms with Gasteiger partial charge < -0.3 is 10.1 Å². The van der Waals surface area contributed by atoms with Crippen molar-refractivity contribution in [2.45, 2.75) is 26.4 Å². The normalized spacial score (nSPS) is 15.2. The summed E-state index contributed by atoms with van der Waals surface area (Å²) >= 11 is 9.56. The van der Waals surface area contributed by atoms with Crippen molar-refractivity contribution in [1.29, 1.82) is 0 Å². The highest BCUT2D eigenvalue weighted by Crippen LogP contribution is 2.41. The fourth-order valence-electron chi connectivity index (χ4n) is 3.30. The number of ether oxygens (including phenoxy) is 1. The summed E-state index contributed by atoms with van der Waals surface area (Å²) in [5.41, 5.74) is 1.98. The molecular formula is C23H20ClNO3S2. The minimum absolute atomic E-state index is 0.0564. The predicted molar refractivity (Wildman–Crippen MR) is 124 cm³/mol. The van der Waals surface area contributed by atoms with Gasteiger partial charge in [-0.15, -0.1) is 22.7 Å². The minimum atomic E-state index is -0.162. The lowest BCUT2D eigenvalue weighted by atomic mass is 10.1. The Hall–Kier alpha value is -2.41. The molecule has 0 saturated heterocycles. The molecule has 7 heteroatoms. The molecule has 3 heterocycles. The number of halogens is 1. The first kappa shape index (κ1) is 20.8. The highest BCUT2D eigenvalue weighted by molar-refractivity contribution is 7.17. The van der Waals surface area contributed by atoms with E-state index in [2.05, 4.69) is 11.4 Å². The van der Waals surface area contributed by atoms with Crippen LogP contribution in [0.25, 0.3) is 16.5 Å². The maximum absolute atomic E-state index is 12.1. The summed E-state index contributed by atoms with van der Waals surface area (Å²) in [6.07, 6.45) is 3.87. The molecule has 0 radical (unpaired) electrons. The van der Waals surface area contributed by atoms with Gasteiger partial charge in [0.15, 0.2) is 5.78 Å². The van der Waals surface area contributed by atoms with E-state index in [1.165, 1.54) is 16.2 Å². The molecule has 4 rings (SSSR count). The summed E-state index contributed by atoms with van der Waals surface area (Å²) in [7, 11) is 0. The maximum atomic E-state index is 12.1. The van der Waals surface area contributed by atoms with Crippen molar-refractivity contribution in [3.05, 3.63) is 67.7 Å². The lowest BCUT2D eigenvalue weighted by Crippen LogP contribution is -2.33. The van der Waals surface area contributed by atoms with Crippen molar-refractivity contribution in [2.75, 3.05) is 6.54 Å². The van der Waals surface area contributed by atoms with Crippen LogP contribution in [-0.2, 0) is 11.2 Å². The second kappa shape index (κ2) is 8.76. The highest BCUT2D eigenvalue weighted by atomic mass is 35.5. The third-order valence-electron chi connectivity index (χ3n) is 4.75. The number of fused-ring (bicyclic) bond motifs is 1. The molecule has 154 valence electrons. The first-order valence-electron chi connectivity index (χ1n) is 9.51. The quantitative estimate of drug-likeness (QED) is 0.377. The van der Waals surface area contributed by atoms with Crippen LogP contribution in [0.3, 0.4) is 0 Å². The second-order valence-electron chi connectivity index (χ2n) is 7.14. The van der Waals surface area contributed by atoms with E-state index < -0.39 is 0 Å². The smallest absolute Gasteiger partial charge is 0.244 e. The molecule has 1 amide bonds. The van der Waals surface area contributed by atoms with Crippen LogP contribution >= 0.6 is 34.3 Å². The molecule has 30 heavy (non-hydrogen) atoms. The lowest BCUT2D eigenvalue weighted by molar-refractivity contribution is -0.116. The van der Waals surface area contributed by atoms with Gasteiger partial charge in [-0.25, -0.2) is 0 Å². The monoisotopic (exact) mass is 457 g/mol. The predicted octanol–water partition coefficient (Wildman–Crippen LogP) is 5.77. The number of ketones is 1. The Morgan fingerprint density at radius 2 is 2.07 bits per heavy atom. The molecule has 1 unspecified atom stereocenters. The van der Waals surface area contributed by atoms with Crippen LogP contribution in [0.1, 0.15) is 31.9 Å². The van der Waals surface area contributed by atoms with Crippen LogP contribution in [-0.4, -0.2) is 24.3 Å². The number of nitrogens with one attached hydrogen (secondary N) is 1. The molecule has 0 fully saturated rings. The molecule has 1 aromatic carbocycles. The number of amides is 1. The second-order valence-corrected chi connectivity index (χ2v) is 9.95. The SMILES string of the molecule is CC(=O)c1ccc(-c2cc(Cl)c3c(c2)CC(CNC(=O)/C=C/c2ccc(C)s2)O3)s1. The van der Waals surface area contributed by atoms with E-state index in [0.717, 1.165) is 25.8 Å². The Balaban J connectivity index is 1.39. The summed E-state index contributed by atoms with van der Waals surface area (Å²) in [6.45, 7) is 4.00. The standard InChI is InChI=1S/C23H20ClNO3S2/c1-13-3-4-18(29-13)5-8-22(27)25-12-17-10-16-9-15(11-19(24)23(16)28-17)21-7-6-20(30-21)14(2)26/h3-9,11,17H,10,12H2,1-2H3,(H,25,27)/b8-5+. The Morgan fingerprint density at radius 1 is 1.23 bits per heavy atom. The lowest BCUT2D eigenvalue weighted by Gasteiger charge is -2.11. The van der Waals surface area contributed by atoms with Crippen LogP contribution in [0.5, 0.6) is 5.75 Å². The molecular weight excluding hydrogens is 438 g/mol. The molecule has 4 nitrogen and oxygen atoms in total. The third-order valence-corrected chi connectivity index (χ3v) is 7.24. The van der Waals surface area contributed by atoms with Crippen molar-refractivity contribution in [2.24, 2.45) is 0 Å². The van der Waals surface area contributed by atoms with Gasteiger partial charge >= 0.3 is 0 Å². The fourth-order valence-corrected chi connectivity index (χ4v) is 5.25. The zero-order chi connectivity index (χ0) is 21.3. The number of benzene rings is 1. The largest absolute Gasteiger partial charge is 0.486 e. The summed E-state index contributed by atoms with van der Waals surface area (Å²) < 4.78 is 5.97. The molecule has 2 aromatic heterocycles. The first-order chi connectivity index (χ1) is 14.4. The van der Waals surface area contributed by atoms with E-state index in [9.17, 15) is 9.59 Å². The van der Waals surface area contributed by atoms with Gasteiger partial charge in [0.1, 0.15) is 11.9 Å². The van der Waals surface area contributed by atoms with E-state index in [4.69, 9.17) is 16.3 Å². The van der Waals surface area contributed by atoms with Gasteiger partial charge in [0.2, 0.25) is 5.91 Å². The number of aryl methyl sites for hydroxylation is 1. The van der Waals surface area contributed by atoms with Crippen molar-refractivity contribution >= 4 is 52.0 Å². The molecule has 0 saturated carbocycles. The van der Waals surface area contributed by atoms with E-state index >= 15 is 0 Å². The molecule has 0 aliphatic carbocycles. The van der Waals surface area contributed by atoms with Gasteiger partial charge in [-0.05, 0) is 61.9 Å². The number of Topliss-reactive ketones (excluding diaryl/α,β-unsaturated/α-hetero) is 1. The number of rotatable bonds is 6. The number of hydrogen-bond acceptors (Lipinski definition) is 5. The van der Waals surface area contributed by atoms with Gasteiger partial charge in [-0.3, -0.25) is 9.59 Å². The van der Waals surface area contributed by atoms with Crippen LogP contribution in [0.15, 0.2) is 42.5 Å². The van der Waals surface area contributed by atoms with Gasteiger partial charge in [-0.1, -0.05) is 11.6 Å². The zero-order valence-corrected chi connectivity index (χ0v) is 18.9. The summed E-state index contributed by atoms with van der Waals surface area (Å²) in [4.78, 5) is 27.7. The summed E-state index contributed by atoms with van der Waals surface area (Å²) in [5.74, 6) is 0.580. The highest BCUT2D eigenvalue weighted by Gasteiger charge is 2.26. The van der Waals surface area contributed by atoms with Crippen LogP contribution in [0.4, 0.5) is 0 Å². The van der Waals surface area contributed by atoms with Crippen molar-refractivity contribution in [3.63, 3.8) is 0 Å². The first-order valence-corrected chi connectivity index (χ1v) is 11.5. The topological polar surface area (TPSA) is 55.4 Å². The number of carbonyl (C=O) groups excluding carboxylic acids is 2. The molecule has 1 aliphatic heterocycles. The van der Waals surface area contributed by atoms with E-state index in [1.807, 2.05) is 43.3 Å². The van der Waals surface area contributed by atoms with Gasteiger partial charge in [0, 0.05) is 32.7 Å². The molecule has 1 N–H and O–H groups in total. The van der Waals surface area contributed by atoms with Crippen molar-refractivity contribution in [1.82, 2.24) is 5.32 Å². The Kier molecular flexibility index (Phi) is 6.09. The number of hydrogen-bond donors (Lipinski definition) is 1. The molecule has 0 bridgehead atoms. The van der Waals surface area contributed by atoms with Gasteiger partial charge in [0.25, 0.3) is 0 Å². The minimum Gasteiger partial charge on any atom is -0.486 e. The Bertz CT molecular complexity index is 1150. The van der Waals surface area contributed by atoms with Crippen molar-refractivity contribution in [3.8, 4) is 16.2 Å². The fraction of sp³-hybridized carbons (Fsp3) is 0.217. The Morgan fingerprint density at radius 3 is 2.77 bits per heavy atom. The van der Waals surface area contributed by atoms with Crippen LogP contribution in [0, 0.1) is 6.92 Å². The molecule has 1 atom stereocenters. The average Bonchev–Trinajstić information content (AvgIpc) is 3.43. The van der Waals surface area contributed by atoms with Crippen molar-refractivity contribution < 1.29 is 14.3 Å². The molecule has 3 aromatic rings. The molecule has 0 spiro atoms. The van der Waals surface area contributed by atoms with Crippen LogP contribution < -0.4 is 10.1 Å². The van der Waals surface area contributed by atoms with E-state index in [1.54, 1.807) is 24.3 Å². The summed E-state index contributed by atoms with van der Waals surface area (Å²) in [5, 5.41) is 3.44. The van der Waals surface area contributed by atoms with Crippen LogP contribution in [0.2, 0.25) is 5.02 Å². The number of thiophene rings is 2. The van der Waals surface area contributed by atoms with Gasteiger partial charge in [-0.2, -0.15) is 0 Å². The van der Waals surface area contributed by atoms with E-state index in [0.29, 0.717) is 23.7 Å². The maximum Gasteiger partial charge on any atom is 0.244 e. The number of carbonyl (C=O) groups is 2. The Labute approximate surface area is 188 Å². The zero-order valence-electron chi connectivity index (χ0n) is 16.5.